The fourth-order valence-electron chi connectivity index (χ4n) is 4.22. The van der Waals surface area contributed by atoms with Crippen LogP contribution in [-0.4, -0.2) is 46.1 Å². The Labute approximate surface area is 162 Å². The first kappa shape index (κ1) is 19.2. The molecular formula is C20H27F2N3OS. The molecule has 0 unspecified atom stereocenters. The lowest BCUT2D eigenvalue weighted by Gasteiger charge is -2.38. The van der Waals surface area contributed by atoms with E-state index >= 15 is 0 Å². The Morgan fingerprint density at radius 2 is 2.00 bits per heavy atom. The van der Waals surface area contributed by atoms with E-state index in [0.29, 0.717) is 12.8 Å². The van der Waals surface area contributed by atoms with E-state index in [1.54, 1.807) is 11.3 Å². The van der Waals surface area contributed by atoms with Crippen LogP contribution >= 0.6 is 11.3 Å². The number of nitrogens with zero attached hydrogens (tertiary/aromatic N) is 3. The Morgan fingerprint density at radius 1 is 1.26 bits per heavy atom. The zero-order chi connectivity index (χ0) is 19.2. The second-order valence-electron chi connectivity index (χ2n) is 8.53. The number of thiophene rings is 1. The molecule has 0 atom stereocenters. The van der Waals surface area contributed by atoms with Crippen molar-refractivity contribution in [1.29, 1.82) is 0 Å². The lowest BCUT2D eigenvalue weighted by atomic mass is 9.86. The first-order chi connectivity index (χ1) is 12.7. The zero-order valence-corrected chi connectivity index (χ0v) is 17.0. The third-order valence-corrected chi connectivity index (χ3v) is 6.79. The largest absolute Gasteiger partial charge is 0.373 e. The number of hydrogen-bond donors (Lipinski definition) is 0. The van der Waals surface area contributed by atoms with Crippen molar-refractivity contribution in [3.8, 4) is 0 Å². The van der Waals surface area contributed by atoms with Crippen LogP contribution in [0.15, 0.2) is 6.07 Å². The summed E-state index contributed by atoms with van der Waals surface area (Å²) in [6, 6.07) is 2.16. The molecule has 2 aromatic rings. The van der Waals surface area contributed by atoms with Crippen LogP contribution in [0.1, 0.15) is 61.8 Å². The van der Waals surface area contributed by atoms with Gasteiger partial charge in [-0.2, -0.15) is 0 Å². The van der Waals surface area contributed by atoms with Crippen LogP contribution in [-0.2, 0) is 11.3 Å². The van der Waals surface area contributed by atoms with E-state index in [9.17, 15) is 8.78 Å². The molecule has 4 rings (SSSR count). The van der Waals surface area contributed by atoms with Crippen LogP contribution in [0.2, 0.25) is 0 Å². The molecule has 2 fully saturated rings. The Kier molecular flexibility index (Phi) is 4.97. The van der Waals surface area contributed by atoms with Crippen molar-refractivity contribution in [3.63, 3.8) is 0 Å². The predicted octanol–water partition coefficient (Wildman–Crippen LogP) is 4.90. The van der Waals surface area contributed by atoms with E-state index in [1.807, 2.05) is 6.92 Å². The molecule has 0 N–H and O–H groups in total. The minimum Gasteiger partial charge on any atom is -0.373 e. The molecule has 0 spiro atoms. The minimum absolute atomic E-state index is 0.00760. The van der Waals surface area contributed by atoms with Gasteiger partial charge in [-0.05, 0) is 45.6 Å². The summed E-state index contributed by atoms with van der Waals surface area (Å²) in [6.45, 7) is 9.40. The summed E-state index contributed by atoms with van der Waals surface area (Å²) >= 11 is 1.65. The molecule has 1 saturated heterocycles. The van der Waals surface area contributed by atoms with Crippen LogP contribution in [0.25, 0.3) is 10.2 Å². The number of fused-ring (bicyclic) bond motifs is 1. The average molecular weight is 396 g/mol. The summed E-state index contributed by atoms with van der Waals surface area (Å²) < 4.78 is 32.8. The van der Waals surface area contributed by atoms with Gasteiger partial charge in [0.25, 0.3) is 0 Å². The molecule has 4 nitrogen and oxygen atoms in total. The van der Waals surface area contributed by atoms with E-state index < -0.39 is 5.92 Å². The van der Waals surface area contributed by atoms with E-state index in [4.69, 9.17) is 9.72 Å². The molecule has 1 aliphatic carbocycles. The summed E-state index contributed by atoms with van der Waals surface area (Å²) in [6.07, 6.45) is 1.09. The van der Waals surface area contributed by atoms with Gasteiger partial charge in [0, 0.05) is 42.7 Å². The van der Waals surface area contributed by atoms with Gasteiger partial charge in [0.1, 0.15) is 10.7 Å². The Balaban J connectivity index is 1.59. The highest BCUT2D eigenvalue weighted by molar-refractivity contribution is 7.18. The molecule has 0 bridgehead atoms. The highest BCUT2D eigenvalue weighted by Crippen LogP contribution is 2.44. The number of halogens is 2. The first-order valence-corrected chi connectivity index (χ1v) is 10.5. The maximum Gasteiger partial charge on any atom is 0.248 e. The smallest absolute Gasteiger partial charge is 0.248 e. The van der Waals surface area contributed by atoms with Gasteiger partial charge < -0.3 is 4.74 Å². The standard InChI is InChI=1S/C20H27F2N3OS/c1-13-23-16(11-25-8-9-26-19(2,3)12-25)15-10-17(27-18(15)24-13)14-4-6-20(21,22)7-5-14/h10,14H,4-9,11-12H2,1-3H3. The first-order valence-electron chi connectivity index (χ1n) is 9.72. The molecule has 0 aromatic carbocycles. The summed E-state index contributed by atoms with van der Waals surface area (Å²) in [5.41, 5.74) is 0.894. The second-order valence-corrected chi connectivity index (χ2v) is 9.60. The maximum atomic E-state index is 13.5. The molecule has 1 saturated carbocycles. The number of aromatic nitrogens is 2. The highest BCUT2D eigenvalue weighted by atomic mass is 32.1. The topological polar surface area (TPSA) is 38.2 Å². The van der Waals surface area contributed by atoms with Gasteiger partial charge in [-0.1, -0.05) is 0 Å². The molecule has 7 heteroatoms. The minimum atomic E-state index is -2.49. The summed E-state index contributed by atoms with van der Waals surface area (Å²) in [5, 5.41) is 1.09. The van der Waals surface area contributed by atoms with Crippen molar-refractivity contribution >= 4 is 21.6 Å². The van der Waals surface area contributed by atoms with Gasteiger partial charge in [-0.3, -0.25) is 4.90 Å². The van der Waals surface area contributed by atoms with Crippen LogP contribution in [0.3, 0.4) is 0 Å². The van der Waals surface area contributed by atoms with Crippen LogP contribution in [0.4, 0.5) is 8.78 Å². The molecule has 2 aromatic heterocycles. The molecule has 2 aliphatic rings. The van der Waals surface area contributed by atoms with E-state index in [0.717, 1.165) is 48.0 Å². The number of alkyl halides is 2. The highest BCUT2D eigenvalue weighted by Gasteiger charge is 2.36. The van der Waals surface area contributed by atoms with Crippen molar-refractivity contribution < 1.29 is 13.5 Å². The molecule has 3 heterocycles. The Morgan fingerprint density at radius 3 is 2.70 bits per heavy atom. The van der Waals surface area contributed by atoms with Crippen LogP contribution in [0.5, 0.6) is 0 Å². The van der Waals surface area contributed by atoms with E-state index in [1.165, 1.54) is 4.88 Å². The molecular weight excluding hydrogens is 368 g/mol. The number of ether oxygens (including phenoxy) is 1. The summed E-state index contributed by atoms with van der Waals surface area (Å²) in [5.74, 6) is -1.49. The van der Waals surface area contributed by atoms with Crippen LogP contribution in [0, 0.1) is 6.92 Å². The lowest BCUT2D eigenvalue weighted by molar-refractivity contribution is -0.0884. The monoisotopic (exact) mass is 395 g/mol. The normalized spacial score (nSPS) is 23.7. The summed E-state index contributed by atoms with van der Waals surface area (Å²) in [4.78, 5) is 13.9. The van der Waals surface area contributed by atoms with Crippen molar-refractivity contribution in [2.45, 2.75) is 70.4 Å². The van der Waals surface area contributed by atoms with Crippen molar-refractivity contribution in [1.82, 2.24) is 14.9 Å². The SMILES string of the molecule is Cc1nc(CN2CCOC(C)(C)C2)c2cc(C3CCC(F)(F)CC3)sc2n1. The Hall–Kier alpha value is -1.18. The Bertz CT molecular complexity index is 826. The van der Waals surface area contributed by atoms with E-state index in [-0.39, 0.29) is 24.4 Å². The maximum absolute atomic E-state index is 13.5. The van der Waals surface area contributed by atoms with Gasteiger partial charge in [0.2, 0.25) is 5.92 Å². The zero-order valence-electron chi connectivity index (χ0n) is 16.2. The fraction of sp³-hybridized carbons (Fsp3) is 0.700. The molecule has 27 heavy (non-hydrogen) atoms. The average Bonchev–Trinajstić information content (AvgIpc) is 2.97. The van der Waals surface area contributed by atoms with Crippen molar-refractivity contribution in [3.05, 3.63) is 22.5 Å². The lowest BCUT2D eigenvalue weighted by Crippen LogP contribution is -2.47. The van der Waals surface area contributed by atoms with Crippen molar-refractivity contribution in [2.75, 3.05) is 19.7 Å². The number of hydrogen-bond acceptors (Lipinski definition) is 5. The number of morpholine rings is 1. The van der Waals surface area contributed by atoms with Gasteiger partial charge in [-0.25, -0.2) is 18.7 Å². The fourth-order valence-corrected chi connectivity index (χ4v) is 5.49. The molecule has 0 radical (unpaired) electrons. The van der Waals surface area contributed by atoms with Crippen molar-refractivity contribution in [2.24, 2.45) is 0 Å². The third kappa shape index (κ3) is 4.30. The number of aryl methyl sites for hydroxylation is 1. The third-order valence-electron chi connectivity index (χ3n) is 5.60. The van der Waals surface area contributed by atoms with E-state index in [2.05, 4.69) is 29.8 Å². The second kappa shape index (κ2) is 7.01. The van der Waals surface area contributed by atoms with Gasteiger partial charge in [0.05, 0.1) is 17.9 Å². The predicted molar refractivity (Wildman–Crippen MR) is 104 cm³/mol. The van der Waals surface area contributed by atoms with Gasteiger partial charge in [0.15, 0.2) is 0 Å². The summed E-state index contributed by atoms with van der Waals surface area (Å²) in [7, 11) is 0. The molecule has 148 valence electrons. The molecule has 1 aliphatic heterocycles. The number of rotatable bonds is 3. The molecule has 0 amide bonds. The van der Waals surface area contributed by atoms with Gasteiger partial charge in [-0.15, -0.1) is 11.3 Å². The quantitative estimate of drug-likeness (QED) is 0.741. The van der Waals surface area contributed by atoms with Crippen LogP contribution < -0.4 is 0 Å². The van der Waals surface area contributed by atoms with Gasteiger partial charge >= 0.3 is 0 Å².